The van der Waals surface area contributed by atoms with E-state index in [4.69, 9.17) is 0 Å². The summed E-state index contributed by atoms with van der Waals surface area (Å²) >= 11 is 0. The van der Waals surface area contributed by atoms with E-state index in [1.807, 2.05) is 6.07 Å². The number of amides is 1. The highest BCUT2D eigenvalue weighted by atomic mass is 16.2. The lowest BCUT2D eigenvalue weighted by atomic mass is 9.94. The molecule has 0 atom stereocenters. The van der Waals surface area contributed by atoms with Crippen LogP contribution in [0.1, 0.15) is 65.8 Å². The Morgan fingerprint density at radius 2 is 1.58 bits per heavy atom. The molecule has 0 radical (unpaired) electrons. The normalized spacial score (nSPS) is 18.3. The number of hydrogen-bond acceptors (Lipinski definition) is 3. The van der Waals surface area contributed by atoms with Crippen LogP contribution >= 0.6 is 0 Å². The monoisotopic (exact) mass is 449 g/mol. The molecule has 1 aromatic carbocycles. The summed E-state index contributed by atoms with van der Waals surface area (Å²) in [6.07, 6.45) is 7.49. The number of likely N-dealkylation sites (tertiary alicyclic amines) is 2. The molecule has 0 aliphatic carbocycles. The first kappa shape index (κ1) is 23.7. The topological polar surface area (TPSA) is 45.6 Å². The number of benzene rings is 1. The third-order valence-corrected chi connectivity index (χ3v) is 7.56. The SMILES string of the molecule is Cc1cc(C(=O)CN2CCC(C(=O)N3CCCCCC3)CC2)c(C)n1CCc1ccccc1. The van der Waals surface area contributed by atoms with Gasteiger partial charge in [0.05, 0.1) is 6.54 Å². The van der Waals surface area contributed by atoms with Gasteiger partial charge in [-0.25, -0.2) is 0 Å². The molecule has 0 N–H and O–H groups in total. The van der Waals surface area contributed by atoms with Gasteiger partial charge in [0.2, 0.25) is 5.91 Å². The van der Waals surface area contributed by atoms with E-state index < -0.39 is 0 Å². The van der Waals surface area contributed by atoms with Gasteiger partial charge in [-0.3, -0.25) is 14.5 Å². The van der Waals surface area contributed by atoms with Gasteiger partial charge in [0.25, 0.3) is 0 Å². The van der Waals surface area contributed by atoms with Gasteiger partial charge in [-0.15, -0.1) is 0 Å². The molecule has 1 aromatic heterocycles. The number of carbonyl (C=O) groups is 2. The van der Waals surface area contributed by atoms with E-state index in [1.54, 1.807) is 0 Å². The van der Waals surface area contributed by atoms with Crippen molar-refractivity contribution in [2.75, 3.05) is 32.7 Å². The van der Waals surface area contributed by atoms with E-state index in [1.165, 1.54) is 18.4 Å². The Morgan fingerprint density at radius 1 is 0.909 bits per heavy atom. The molecule has 2 aromatic rings. The third-order valence-electron chi connectivity index (χ3n) is 7.56. The van der Waals surface area contributed by atoms with E-state index in [2.05, 4.69) is 58.5 Å². The largest absolute Gasteiger partial charge is 0.348 e. The molecule has 0 unspecified atom stereocenters. The molecular weight excluding hydrogens is 410 g/mol. The summed E-state index contributed by atoms with van der Waals surface area (Å²) in [7, 11) is 0. The number of piperidine rings is 1. The number of ketones is 1. The van der Waals surface area contributed by atoms with Crippen molar-refractivity contribution in [2.45, 2.75) is 65.3 Å². The Bertz CT molecular complexity index is 934. The fourth-order valence-electron chi connectivity index (χ4n) is 5.49. The highest BCUT2D eigenvalue weighted by Gasteiger charge is 2.30. The van der Waals surface area contributed by atoms with Crippen LogP contribution in [-0.4, -0.2) is 58.8 Å². The number of hydrogen-bond donors (Lipinski definition) is 0. The molecule has 4 rings (SSSR count). The van der Waals surface area contributed by atoms with Crippen molar-refractivity contribution in [3.8, 4) is 0 Å². The predicted octanol–water partition coefficient (Wildman–Crippen LogP) is 4.64. The van der Waals surface area contributed by atoms with Gasteiger partial charge in [-0.1, -0.05) is 43.2 Å². The van der Waals surface area contributed by atoms with E-state index in [0.29, 0.717) is 12.5 Å². The number of aromatic nitrogens is 1. The van der Waals surface area contributed by atoms with Crippen LogP contribution in [-0.2, 0) is 17.8 Å². The van der Waals surface area contributed by atoms with Gasteiger partial charge in [-0.05, 0) is 70.7 Å². The summed E-state index contributed by atoms with van der Waals surface area (Å²) in [6.45, 7) is 9.03. The van der Waals surface area contributed by atoms with Gasteiger partial charge in [0.1, 0.15) is 0 Å². The average Bonchev–Trinajstić information content (AvgIpc) is 3.00. The van der Waals surface area contributed by atoms with Crippen molar-refractivity contribution in [3.63, 3.8) is 0 Å². The summed E-state index contributed by atoms with van der Waals surface area (Å²) < 4.78 is 2.27. The maximum atomic E-state index is 13.1. The molecule has 33 heavy (non-hydrogen) atoms. The summed E-state index contributed by atoms with van der Waals surface area (Å²) in [6, 6.07) is 12.6. The highest BCUT2D eigenvalue weighted by molar-refractivity contribution is 5.99. The average molecular weight is 450 g/mol. The van der Waals surface area contributed by atoms with E-state index in [0.717, 1.165) is 81.8 Å². The van der Waals surface area contributed by atoms with Crippen molar-refractivity contribution >= 4 is 11.7 Å². The van der Waals surface area contributed by atoms with Gasteiger partial charge >= 0.3 is 0 Å². The van der Waals surface area contributed by atoms with Crippen LogP contribution in [0.25, 0.3) is 0 Å². The molecule has 0 spiro atoms. The van der Waals surface area contributed by atoms with Crippen molar-refractivity contribution in [3.05, 3.63) is 58.9 Å². The lowest BCUT2D eigenvalue weighted by molar-refractivity contribution is -0.137. The molecule has 3 heterocycles. The van der Waals surface area contributed by atoms with Crippen LogP contribution in [0.2, 0.25) is 0 Å². The molecule has 0 bridgehead atoms. The Hall–Kier alpha value is -2.40. The molecule has 178 valence electrons. The van der Waals surface area contributed by atoms with Crippen molar-refractivity contribution in [1.82, 2.24) is 14.4 Å². The molecule has 2 saturated heterocycles. The number of carbonyl (C=O) groups excluding carboxylic acids is 2. The second kappa shape index (κ2) is 11.1. The minimum atomic E-state index is 0.137. The standard InChI is InChI=1S/C28H39N3O2/c1-22-20-26(23(2)31(22)19-12-24-10-6-5-7-11-24)27(32)21-29-17-13-25(14-18-29)28(33)30-15-8-3-4-9-16-30/h5-7,10-11,20,25H,3-4,8-9,12-19,21H2,1-2H3. The first-order valence-electron chi connectivity index (χ1n) is 12.8. The minimum Gasteiger partial charge on any atom is -0.348 e. The first-order valence-corrected chi connectivity index (χ1v) is 12.8. The molecule has 1 amide bonds. The van der Waals surface area contributed by atoms with Gasteiger partial charge < -0.3 is 9.47 Å². The van der Waals surface area contributed by atoms with E-state index in [-0.39, 0.29) is 11.7 Å². The maximum absolute atomic E-state index is 13.1. The molecule has 2 fully saturated rings. The second-order valence-electron chi connectivity index (χ2n) is 9.89. The summed E-state index contributed by atoms with van der Waals surface area (Å²) in [5, 5.41) is 0. The number of nitrogens with zero attached hydrogens (tertiary/aromatic N) is 3. The fourth-order valence-corrected chi connectivity index (χ4v) is 5.49. The lowest BCUT2D eigenvalue weighted by Crippen LogP contribution is -2.44. The van der Waals surface area contributed by atoms with Crippen molar-refractivity contribution in [2.24, 2.45) is 5.92 Å². The predicted molar refractivity (Wildman–Crippen MR) is 133 cm³/mol. The van der Waals surface area contributed by atoms with Crippen LogP contribution in [0.5, 0.6) is 0 Å². The van der Waals surface area contributed by atoms with E-state index >= 15 is 0 Å². The number of Topliss-reactive ketones (excluding diaryl/α,β-unsaturated/α-hetero) is 1. The van der Waals surface area contributed by atoms with Gasteiger partial charge in [0, 0.05) is 42.5 Å². The Morgan fingerprint density at radius 3 is 2.24 bits per heavy atom. The molecule has 2 aliphatic heterocycles. The molecule has 5 nitrogen and oxygen atoms in total. The Kier molecular flexibility index (Phi) is 8.02. The second-order valence-corrected chi connectivity index (χ2v) is 9.89. The minimum absolute atomic E-state index is 0.137. The Balaban J connectivity index is 1.29. The van der Waals surface area contributed by atoms with Crippen LogP contribution < -0.4 is 0 Å². The zero-order chi connectivity index (χ0) is 23.2. The van der Waals surface area contributed by atoms with E-state index in [9.17, 15) is 9.59 Å². The maximum Gasteiger partial charge on any atom is 0.225 e. The lowest BCUT2D eigenvalue weighted by Gasteiger charge is -2.33. The molecule has 0 saturated carbocycles. The first-order chi connectivity index (χ1) is 16.0. The molecule has 2 aliphatic rings. The zero-order valence-electron chi connectivity index (χ0n) is 20.4. The van der Waals surface area contributed by atoms with Gasteiger partial charge in [0.15, 0.2) is 5.78 Å². The Labute approximate surface area is 198 Å². The number of rotatable bonds is 7. The summed E-state index contributed by atoms with van der Waals surface area (Å²) in [4.78, 5) is 30.4. The molecule has 5 heteroatoms. The van der Waals surface area contributed by atoms with Crippen LogP contribution in [0.3, 0.4) is 0 Å². The fraction of sp³-hybridized carbons (Fsp3) is 0.571. The van der Waals surface area contributed by atoms with Crippen molar-refractivity contribution < 1.29 is 9.59 Å². The smallest absolute Gasteiger partial charge is 0.225 e. The third kappa shape index (κ3) is 5.94. The number of aryl methyl sites for hydroxylation is 2. The zero-order valence-corrected chi connectivity index (χ0v) is 20.4. The highest BCUT2D eigenvalue weighted by Crippen LogP contribution is 2.23. The quantitative estimate of drug-likeness (QED) is 0.578. The van der Waals surface area contributed by atoms with Gasteiger partial charge in [-0.2, -0.15) is 0 Å². The van der Waals surface area contributed by atoms with Crippen LogP contribution in [0.4, 0.5) is 0 Å². The molecular formula is C28H39N3O2. The van der Waals surface area contributed by atoms with Crippen LogP contribution in [0.15, 0.2) is 36.4 Å². The van der Waals surface area contributed by atoms with Crippen molar-refractivity contribution in [1.29, 1.82) is 0 Å². The summed E-state index contributed by atoms with van der Waals surface area (Å²) in [5.74, 6) is 0.689. The summed E-state index contributed by atoms with van der Waals surface area (Å²) in [5.41, 5.74) is 4.38. The van der Waals surface area contributed by atoms with Crippen LogP contribution in [0, 0.1) is 19.8 Å².